The molecule has 142 valence electrons. The minimum Gasteiger partial charge on any atom is -0.497 e. The Balaban J connectivity index is 1.57. The Hall–Kier alpha value is -2.54. The molecule has 0 radical (unpaired) electrons. The van der Waals surface area contributed by atoms with Gasteiger partial charge in [0.1, 0.15) is 5.75 Å². The molecule has 7 heteroatoms. The summed E-state index contributed by atoms with van der Waals surface area (Å²) >= 11 is 3.42. The van der Waals surface area contributed by atoms with E-state index in [1.165, 1.54) is 0 Å². The van der Waals surface area contributed by atoms with Crippen molar-refractivity contribution in [2.24, 2.45) is 0 Å². The van der Waals surface area contributed by atoms with E-state index in [-0.39, 0.29) is 11.9 Å². The molecular weight excluding hydrogens is 410 g/mol. The number of methoxy groups -OCH3 is 1. The maximum Gasteiger partial charge on any atom is 0.321 e. The number of carbonyl (C=O) groups excluding carboxylic acids is 2. The molecule has 0 atom stereocenters. The van der Waals surface area contributed by atoms with Gasteiger partial charge in [0.25, 0.3) is 5.91 Å². The summed E-state index contributed by atoms with van der Waals surface area (Å²) in [6, 6.07) is 12.7. The number of ether oxygens (including phenoxy) is 1. The van der Waals surface area contributed by atoms with Crippen LogP contribution in [0.1, 0.15) is 15.9 Å². The Morgan fingerprint density at radius 1 is 1.04 bits per heavy atom. The van der Waals surface area contributed by atoms with Crippen molar-refractivity contribution in [3.63, 3.8) is 0 Å². The maximum atomic E-state index is 12.7. The van der Waals surface area contributed by atoms with E-state index in [1.54, 1.807) is 35.1 Å². The van der Waals surface area contributed by atoms with Crippen LogP contribution in [0.25, 0.3) is 0 Å². The van der Waals surface area contributed by atoms with Crippen molar-refractivity contribution in [3.05, 3.63) is 58.1 Å². The molecule has 1 saturated heterocycles. The number of nitrogens with one attached hydrogen (secondary N) is 1. The third-order valence-corrected chi connectivity index (χ3v) is 5.09. The molecule has 0 bridgehead atoms. The van der Waals surface area contributed by atoms with E-state index in [1.807, 2.05) is 31.2 Å². The zero-order valence-electron chi connectivity index (χ0n) is 15.4. The van der Waals surface area contributed by atoms with Crippen LogP contribution in [0.4, 0.5) is 10.5 Å². The van der Waals surface area contributed by atoms with Gasteiger partial charge in [0, 0.05) is 41.9 Å². The molecule has 3 amide bonds. The summed E-state index contributed by atoms with van der Waals surface area (Å²) in [6.07, 6.45) is 0. The van der Waals surface area contributed by atoms with Gasteiger partial charge in [-0.05, 0) is 48.9 Å². The first-order valence-corrected chi connectivity index (χ1v) is 9.52. The minimum atomic E-state index is -0.145. The summed E-state index contributed by atoms with van der Waals surface area (Å²) in [4.78, 5) is 28.7. The Labute approximate surface area is 167 Å². The number of anilines is 1. The highest BCUT2D eigenvalue weighted by Crippen LogP contribution is 2.21. The van der Waals surface area contributed by atoms with Crippen LogP contribution in [-0.2, 0) is 0 Å². The van der Waals surface area contributed by atoms with Crippen molar-refractivity contribution in [1.29, 1.82) is 0 Å². The fraction of sp³-hybridized carbons (Fsp3) is 0.300. The van der Waals surface area contributed by atoms with Gasteiger partial charge in [-0.15, -0.1) is 0 Å². The molecule has 0 saturated carbocycles. The molecule has 2 aromatic carbocycles. The van der Waals surface area contributed by atoms with Crippen molar-refractivity contribution in [3.8, 4) is 5.75 Å². The van der Waals surface area contributed by atoms with Crippen LogP contribution in [0.3, 0.4) is 0 Å². The van der Waals surface area contributed by atoms with Gasteiger partial charge in [-0.2, -0.15) is 0 Å². The minimum absolute atomic E-state index is 0.0438. The molecule has 1 aliphatic heterocycles. The second-order valence-electron chi connectivity index (χ2n) is 6.40. The van der Waals surface area contributed by atoms with Gasteiger partial charge in [0.05, 0.1) is 7.11 Å². The summed E-state index contributed by atoms with van der Waals surface area (Å²) in [5.41, 5.74) is 2.38. The molecule has 1 N–H and O–H groups in total. The van der Waals surface area contributed by atoms with Crippen molar-refractivity contribution in [2.45, 2.75) is 6.92 Å². The van der Waals surface area contributed by atoms with Crippen molar-refractivity contribution < 1.29 is 14.3 Å². The quantitative estimate of drug-likeness (QED) is 0.804. The zero-order chi connectivity index (χ0) is 19.4. The van der Waals surface area contributed by atoms with Crippen LogP contribution in [0.2, 0.25) is 0 Å². The highest BCUT2D eigenvalue weighted by molar-refractivity contribution is 9.10. The van der Waals surface area contributed by atoms with Crippen LogP contribution in [-0.4, -0.2) is 55.0 Å². The first kappa shape index (κ1) is 19.2. The number of hydrogen-bond acceptors (Lipinski definition) is 3. The highest BCUT2D eigenvalue weighted by atomic mass is 79.9. The molecule has 1 heterocycles. The van der Waals surface area contributed by atoms with E-state index in [0.717, 1.165) is 15.7 Å². The van der Waals surface area contributed by atoms with E-state index in [0.29, 0.717) is 37.5 Å². The smallest absolute Gasteiger partial charge is 0.321 e. The molecule has 0 aromatic heterocycles. The lowest BCUT2D eigenvalue weighted by atomic mass is 10.1. The Kier molecular flexibility index (Phi) is 6.01. The number of hydrogen-bond donors (Lipinski definition) is 1. The molecule has 1 aliphatic rings. The summed E-state index contributed by atoms with van der Waals surface area (Å²) in [5.74, 6) is 0.612. The van der Waals surface area contributed by atoms with Gasteiger partial charge < -0.3 is 19.9 Å². The van der Waals surface area contributed by atoms with Crippen molar-refractivity contribution in [2.75, 3.05) is 38.6 Å². The Bertz CT molecular complexity index is 848. The van der Waals surface area contributed by atoms with E-state index in [4.69, 9.17) is 4.74 Å². The number of carbonyl (C=O) groups is 2. The molecule has 0 unspecified atom stereocenters. The molecule has 2 aromatic rings. The van der Waals surface area contributed by atoms with Crippen LogP contribution >= 0.6 is 15.9 Å². The van der Waals surface area contributed by atoms with Gasteiger partial charge >= 0.3 is 6.03 Å². The SMILES string of the molecule is COc1cccc(C(=O)N2CCN(C(=O)Nc3ccc(Br)cc3C)CC2)c1. The summed E-state index contributed by atoms with van der Waals surface area (Å²) in [7, 11) is 1.58. The van der Waals surface area contributed by atoms with Gasteiger partial charge in [0.2, 0.25) is 0 Å². The Morgan fingerprint density at radius 3 is 2.41 bits per heavy atom. The van der Waals surface area contributed by atoms with E-state index >= 15 is 0 Å². The monoisotopic (exact) mass is 431 g/mol. The third kappa shape index (κ3) is 4.60. The average Bonchev–Trinajstić information content (AvgIpc) is 2.69. The lowest BCUT2D eigenvalue weighted by Crippen LogP contribution is -2.51. The number of rotatable bonds is 3. The predicted molar refractivity (Wildman–Crippen MR) is 108 cm³/mol. The molecule has 6 nitrogen and oxygen atoms in total. The standard InChI is InChI=1S/C20H22BrN3O3/c1-14-12-16(21)6-7-18(14)22-20(26)24-10-8-23(9-11-24)19(25)15-4-3-5-17(13-15)27-2/h3-7,12-13H,8-11H2,1-2H3,(H,22,26). The number of halogens is 1. The number of aryl methyl sites for hydroxylation is 1. The summed E-state index contributed by atoms with van der Waals surface area (Å²) in [5, 5.41) is 2.94. The van der Waals surface area contributed by atoms with Crippen LogP contribution in [0, 0.1) is 6.92 Å². The van der Waals surface area contributed by atoms with E-state index < -0.39 is 0 Å². The lowest BCUT2D eigenvalue weighted by molar-refractivity contribution is 0.0671. The molecule has 3 rings (SSSR count). The second kappa shape index (κ2) is 8.43. The molecule has 0 aliphatic carbocycles. The van der Waals surface area contributed by atoms with Crippen molar-refractivity contribution in [1.82, 2.24) is 9.80 Å². The van der Waals surface area contributed by atoms with Gasteiger partial charge in [0.15, 0.2) is 0 Å². The van der Waals surface area contributed by atoms with Gasteiger partial charge in [-0.3, -0.25) is 4.79 Å². The predicted octanol–water partition coefficient (Wildman–Crippen LogP) is 3.76. The van der Waals surface area contributed by atoms with Crippen LogP contribution in [0.5, 0.6) is 5.75 Å². The number of urea groups is 1. The van der Waals surface area contributed by atoms with Gasteiger partial charge in [-0.25, -0.2) is 4.79 Å². The lowest BCUT2D eigenvalue weighted by Gasteiger charge is -2.34. The molecular formula is C20H22BrN3O3. The number of benzene rings is 2. The first-order valence-electron chi connectivity index (χ1n) is 8.73. The fourth-order valence-electron chi connectivity index (χ4n) is 3.01. The van der Waals surface area contributed by atoms with Crippen molar-refractivity contribution >= 4 is 33.6 Å². The fourth-order valence-corrected chi connectivity index (χ4v) is 3.49. The highest BCUT2D eigenvalue weighted by Gasteiger charge is 2.25. The van der Waals surface area contributed by atoms with E-state index in [2.05, 4.69) is 21.2 Å². The number of amides is 3. The summed E-state index contributed by atoms with van der Waals surface area (Å²) in [6.45, 7) is 3.95. The molecule has 1 fully saturated rings. The first-order chi connectivity index (χ1) is 13.0. The van der Waals surface area contributed by atoms with Gasteiger partial charge in [-0.1, -0.05) is 22.0 Å². The summed E-state index contributed by atoms with van der Waals surface area (Å²) < 4.78 is 6.15. The van der Waals surface area contributed by atoms with E-state index in [9.17, 15) is 9.59 Å². The normalized spacial score (nSPS) is 14.0. The van der Waals surface area contributed by atoms with Crippen LogP contribution < -0.4 is 10.1 Å². The maximum absolute atomic E-state index is 12.7. The number of nitrogens with zero attached hydrogens (tertiary/aromatic N) is 2. The third-order valence-electron chi connectivity index (χ3n) is 4.60. The topological polar surface area (TPSA) is 61.9 Å². The zero-order valence-corrected chi connectivity index (χ0v) is 17.0. The average molecular weight is 432 g/mol. The second-order valence-corrected chi connectivity index (χ2v) is 7.32. The number of piperazine rings is 1. The Morgan fingerprint density at radius 2 is 1.74 bits per heavy atom. The molecule has 27 heavy (non-hydrogen) atoms. The molecule has 0 spiro atoms. The largest absolute Gasteiger partial charge is 0.497 e. The van der Waals surface area contributed by atoms with Crippen LogP contribution in [0.15, 0.2) is 46.9 Å².